The van der Waals surface area contributed by atoms with Gasteiger partial charge in [0.1, 0.15) is 48.8 Å². The molecule has 1 aromatic heterocycles. The Labute approximate surface area is 206 Å². The Bertz CT molecular complexity index is 1140. The summed E-state index contributed by atoms with van der Waals surface area (Å²) in [5.41, 5.74) is -1.73. The Balaban J connectivity index is 1.56. The first-order chi connectivity index (χ1) is 17.2. The number of hydrogen-bond donors (Lipinski definition) is 9. The number of H-pyrrole nitrogens is 1. The second-order valence-corrected chi connectivity index (χ2v) is 11.1. The van der Waals surface area contributed by atoms with E-state index < -0.39 is 102 Å². The molecule has 1 aromatic rings. The van der Waals surface area contributed by atoms with Gasteiger partial charge in [0.15, 0.2) is 6.23 Å². The van der Waals surface area contributed by atoms with Crippen LogP contribution >= 0.6 is 15.6 Å². The van der Waals surface area contributed by atoms with Gasteiger partial charge in [-0.3, -0.25) is 23.4 Å². The van der Waals surface area contributed by atoms with Crippen molar-refractivity contribution in [1.82, 2.24) is 9.55 Å². The Hall–Kier alpha value is -1.38. The molecule has 2 fully saturated rings. The van der Waals surface area contributed by atoms with E-state index in [0.717, 1.165) is 16.8 Å². The second kappa shape index (κ2) is 11.8. The Morgan fingerprint density at radius 1 is 0.838 bits per heavy atom. The van der Waals surface area contributed by atoms with Crippen LogP contribution in [0.5, 0.6) is 0 Å². The highest BCUT2D eigenvalue weighted by Crippen LogP contribution is 2.60. The van der Waals surface area contributed by atoms with Crippen LogP contribution in [0.15, 0.2) is 21.9 Å². The standard InChI is InChI=1S/C16H26N2O17P2/c19-3-6-10(21)13(24)11(22)7(33-6)4-31-36(27,28)35-37(29,30)32-5-8-12(23)14(25)15(34-8)18-2-1-9(20)17-16(18)26/h1-2,6-8,10-15,19,21-25H,3-5H2,(H,27,28)(H,29,30)(H,17,20,26)/t6?,7-,8+,10-,11?,12?,13?,14?,15+/m0/s1. The maximum absolute atomic E-state index is 12.1. The maximum Gasteiger partial charge on any atom is 0.481 e. The first-order valence-electron chi connectivity index (χ1n) is 10.5. The molecule has 2 saturated heterocycles. The lowest BCUT2D eigenvalue weighted by atomic mass is 9.95. The number of ether oxygens (including phenoxy) is 2. The molecule has 2 aliphatic rings. The fourth-order valence-corrected chi connectivity index (χ4v) is 5.64. The van der Waals surface area contributed by atoms with Crippen molar-refractivity contribution < 1.29 is 72.4 Å². The molecular weight excluding hydrogens is 554 g/mol. The zero-order valence-electron chi connectivity index (χ0n) is 18.6. The highest BCUT2D eigenvalue weighted by Gasteiger charge is 2.47. The van der Waals surface area contributed by atoms with Gasteiger partial charge >= 0.3 is 21.3 Å². The van der Waals surface area contributed by atoms with Crippen molar-refractivity contribution in [3.63, 3.8) is 0 Å². The largest absolute Gasteiger partial charge is 0.481 e. The van der Waals surface area contributed by atoms with Gasteiger partial charge in [0.05, 0.1) is 19.8 Å². The average molecular weight is 580 g/mol. The number of phosphoric acid groups is 2. The van der Waals surface area contributed by atoms with Gasteiger partial charge in [-0.2, -0.15) is 4.31 Å². The van der Waals surface area contributed by atoms with Crippen LogP contribution in [0, 0.1) is 0 Å². The van der Waals surface area contributed by atoms with Crippen molar-refractivity contribution in [2.75, 3.05) is 19.8 Å². The van der Waals surface area contributed by atoms with Gasteiger partial charge in [-0.15, -0.1) is 0 Å². The van der Waals surface area contributed by atoms with E-state index in [1.807, 2.05) is 4.98 Å². The van der Waals surface area contributed by atoms with Crippen molar-refractivity contribution in [3.8, 4) is 0 Å². The summed E-state index contributed by atoms with van der Waals surface area (Å²) in [4.78, 5) is 44.5. The zero-order chi connectivity index (χ0) is 27.7. The molecule has 37 heavy (non-hydrogen) atoms. The van der Waals surface area contributed by atoms with Crippen molar-refractivity contribution in [3.05, 3.63) is 33.1 Å². The predicted octanol–water partition coefficient (Wildman–Crippen LogP) is -4.75. The third-order valence-corrected chi connectivity index (χ3v) is 8.07. The molecule has 3 rings (SSSR count). The topological polar surface area (TPSA) is 297 Å². The predicted molar refractivity (Wildman–Crippen MR) is 114 cm³/mol. The zero-order valence-corrected chi connectivity index (χ0v) is 20.4. The Morgan fingerprint density at radius 3 is 1.89 bits per heavy atom. The summed E-state index contributed by atoms with van der Waals surface area (Å²) in [7, 11) is -10.8. The number of nitrogens with zero attached hydrogens (tertiary/aromatic N) is 1. The van der Waals surface area contributed by atoms with Crippen LogP contribution in [0.25, 0.3) is 0 Å². The number of aromatic nitrogens is 2. The van der Waals surface area contributed by atoms with Crippen LogP contribution < -0.4 is 11.2 Å². The third kappa shape index (κ3) is 7.18. The van der Waals surface area contributed by atoms with Gasteiger partial charge in [-0.25, -0.2) is 13.9 Å². The van der Waals surface area contributed by atoms with Gasteiger partial charge < -0.3 is 49.9 Å². The van der Waals surface area contributed by atoms with Crippen LogP contribution in [0.4, 0.5) is 0 Å². The van der Waals surface area contributed by atoms with Crippen molar-refractivity contribution in [2.24, 2.45) is 0 Å². The monoisotopic (exact) mass is 580 g/mol. The molecule has 0 saturated carbocycles. The molecular formula is C16H26N2O17P2. The summed E-state index contributed by atoms with van der Waals surface area (Å²) < 4.78 is 48.4. The van der Waals surface area contributed by atoms with Crippen molar-refractivity contribution in [1.29, 1.82) is 0 Å². The van der Waals surface area contributed by atoms with E-state index in [0.29, 0.717) is 0 Å². The summed E-state index contributed by atoms with van der Waals surface area (Å²) in [6.07, 6.45) is -13.9. The van der Waals surface area contributed by atoms with E-state index in [-0.39, 0.29) is 0 Å². The number of rotatable bonds is 10. The normalized spacial score (nSPS) is 37.7. The summed E-state index contributed by atoms with van der Waals surface area (Å²) >= 11 is 0. The Kier molecular flexibility index (Phi) is 9.61. The van der Waals surface area contributed by atoms with E-state index in [1.165, 1.54) is 0 Å². The fraction of sp³-hybridized carbons (Fsp3) is 0.750. The van der Waals surface area contributed by atoms with Crippen molar-refractivity contribution in [2.45, 2.75) is 55.1 Å². The number of hydrogen-bond acceptors (Lipinski definition) is 15. The molecule has 0 spiro atoms. The van der Waals surface area contributed by atoms with Crippen LogP contribution in [0.2, 0.25) is 0 Å². The van der Waals surface area contributed by atoms with Crippen LogP contribution in [0.1, 0.15) is 6.23 Å². The first-order valence-corrected chi connectivity index (χ1v) is 13.4. The van der Waals surface area contributed by atoms with Gasteiger partial charge in [-0.1, -0.05) is 0 Å². The molecule has 21 heteroatoms. The summed E-state index contributed by atoms with van der Waals surface area (Å²) in [6.45, 7) is -2.77. The lowest BCUT2D eigenvalue weighted by Crippen LogP contribution is -2.59. The van der Waals surface area contributed by atoms with Gasteiger partial charge in [0.2, 0.25) is 0 Å². The lowest BCUT2D eigenvalue weighted by Gasteiger charge is -2.39. The summed E-state index contributed by atoms with van der Waals surface area (Å²) in [5, 5.41) is 58.8. The quantitative estimate of drug-likeness (QED) is 0.117. The molecule has 0 bridgehead atoms. The van der Waals surface area contributed by atoms with E-state index in [9.17, 15) is 54.0 Å². The number of aliphatic hydroxyl groups is 6. The average Bonchev–Trinajstić information content (AvgIpc) is 3.09. The maximum atomic E-state index is 12.1. The molecule has 212 valence electrons. The molecule has 11 atom stereocenters. The highest BCUT2D eigenvalue weighted by molar-refractivity contribution is 7.61. The molecule has 2 aliphatic heterocycles. The SMILES string of the molecule is O=c1ccn([C@@H]2O[C@H](COP(=O)(O)OP(=O)(O)OC[C@@H]3OC(CO)[C@H](O)C(O)C3O)C(O)C2O)c(=O)[nH]1. The fourth-order valence-electron chi connectivity index (χ4n) is 3.55. The van der Waals surface area contributed by atoms with E-state index in [2.05, 4.69) is 13.4 Å². The third-order valence-electron chi connectivity index (χ3n) is 5.46. The number of nitrogens with one attached hydrogen (secondary N) is 1. The molecule has 0 aliphatic carbocycles. The van der Waals surface area contributed by atoms with Crippen LogP contribution in [0.3, 0.4) is 0 Å². The highest BCUT2D eigenvalue weighted by atomic mass is 31.3. The number of aliphatic hydroxyl groups excluding tert-OH is 6. The minimum Gasteiger partial charge on any atom is -0.394 e. The first kappa shape index (κ1) is 30.2. The Morgan fingerprint density at radius 2 is 1.35 bits per heavy atom. The van der Waals surface area contributed by atoms with Gasteiger partial charge in [-0.05, 0) is 0 Å². The molecule has 7 unspecified atom stereocenters. The number of phosphoric ester groups is 2. The number of aromatic amines is 1. The minimum absolute atomic E-state index is 0.735. The van der Waals surface area contributed by atoms with Crippen LogP contribution in [-0.2, 0) is 32.0 Å². The summed E-state index contributed by atoms with van der Waals surface area (Å²) in [6, 6.07) is 0.937. The van der Waals surface area contributed by atoms with Crippen molar-refractivity contribution >= 4 is 15.6 Å². The molecule has 0 aromatic carbocycles. The second-order valence-electron chi connectivity index (χ2n) is 8.04. The molecule has 19 nitrogen and oxygen atoms in total. The molecule has 9 N–H and O–H groups in total. The lowest BCUT2D eigenvalue weighted by molar-refractivity contribution is -0.234. The molecule has 0 amide bonds. The molecule has 3 heterocycles. The minimum atomic E-state index is -5.41. The van der Waals surface area contributed by atoms with Gasteiger partial charge in [0.25, 0.3) is 5.56 Å². The van der Waals surface area contributed by atoms with Gasteiger partial charge in [0, 0.05) is 12.3 Å². The van der Waals surface area contributed by atoms with Crippen LogP contribution in [-0.4, -0.2) is 119 Å². The van der Waals surface area contributed by atoms with E-state index >= 15 is 0 Å². The molecule has 0 radical (unpaired) electrons. The van der Waals surface area contributed by atoms with E-state index in [1.54, 1.807) is 0 Å². The smallest absolute Gasteiger partial charge is 0.394 e. The summed E-state index contributed by atoms with van der Waals surface area (Å²) in [5.74, 6) is 0. The van der Waals surface area contributed by atoms with E-state index in [4.69, 9.17) is 14.6 Å².